The van der Waals surface area contributed by atoms with Crippen molar-refractivity contribution >= 4 is 5.91 Å². The standard InChI is InChI=1S/C10H16N4O2/c1-7(11)10(16)14-4-8(9(15)5-14)13-3-2-12-6-13/h2-3,6-9,15H,4-5,11H2,1H3/t7-,8-,9+/m0/s1. The van der Waals surface area contributed by atoms with Crippen LogP contribution in [-0.4, -0.2) is 50.7 Å². The summed E-state index contributed by atoms with van der Waals surface area (Å²) in [6, 6.07) is -0.640. The summed E-state index contributed by atoms with van der Waals surface area (Å²) in [7, 11) is 0. The normalized spacial score (nSPS) is 27.1. The van der Waals surface area contributed by atoms with E-state index in [0.29, 0.717) is 13.1 Å². The fourth-order valence-corrected chi connectivity index (χ4v) is 2.00. The van der Waals surface area contributed by atoms with Gasteiger partial charge in [0.2, 0.25) is 5.91 Å². The Balaban J connectivity index is 2.08. The van der Waals surface area contributed by atoms with Crippen molar-refractivity contribution in [2.45, 2.75) is 25.1 Å². The molecule has 3 atom stereocenters. The van der Waals surface area contributed by atoms with Crippen molar-refractivity contribution in [2.75, 3.05) is 13.1 Å². The van der Waals surface area contributed by atoms with Gasteiger partial charge in [0.05, 0.1) is 24.5 Å². The van der Waals surface area contributed by atoms with E-state index >= 15 is 0 Å². The third-order valence-electron chi connectivity index (χ3n) is 2.87. The maximum Gasteiger partial charge on any atom is 0.239 e. The van der Waals surface area contributed by atoms with Crippen molar-refractivity contribution in [1.82, 2.24) is 14.5 Å². The molecule has 0 aromatic carbocycles. The number of nitrogens with zero attached hydrogens (tertiary/aromatic N) is 3. The summed E-state index contributed by atoms with van der Waals surface area (Å²) in [5.74, 6) is -0.123. The predicted octanol–water partition coefficient (Wildman–Crippen LogP) is -1.03. The molecule has 0 radical (unpaired) electrons. The van der Waals surface area contributed by atoms with E-state index in [9.17, 15) is 9.90 Å². The van der Waals surface area contributed by atoms with Gasteiger partial charge in [0.1, 0.15) is 0 Å². The molecule has 0 spiro atoms. The first-order valence-corrected chi connectivity index (χ1v) is 5.29. The number of carbonyl (C=O) groups is 1. The van der Waals surface area contributed by atoms with Crippen LogP contribution in [0.5, 0.6) is 0 Å². The molecule has 3 N–H and O–H groups in total. The summed E-state index contributed by atoms with van der Waals surface area (Å²) < 4.78 is 1.82. The summed E-state index contributed by atoms with van der Waals surface area (Å²) in [5, 5.41) is 9.88. The highest BCUT2D eigenvalue weighted by molar-refractivity contribution is 5.81. The smallest absolute Gasteiger partial charge is 0.239 e. The molecule has 0 bridgehead atoms. The van der Waals surface area contributed by atoms with Crippen LogP contribution in [-0.2, 0) is 4.79 Å². The molecule has 2 heterocycles. The van der Waals surface area contributed by atoms with Crippen LogP contribution >= 0.6 is 0 Å². The van der Waals surface area contributed by atoms with Gasteiger partial charge in [0.15, 0.2) is 0 Å². The lowest BCUT2D eigenvalue weighted by Crippen LogP contribution is -2.41. The van der Waals surface area contributed by atoms with Crippen LogP contribution in [0.4, 0.5) is 0 Å². The highest BCUT2D eigenvalue weighted by atomic mass is 16.3. The van der Waals surface area contributed by atoms with E-state index < -0.39 is 12.1 Å². The number of carbonyl (C=O) groups excluding carboxylic acids is 1. The zero-order valence-electron chi connectivity index (χ0n) is 9.15. The van der Waals surface area contributed by atoms with Crippen LogP contribution in [0.1, 0.15) is 13.0 Å². The van der Waals surface area contributed by atoms with Gasteiger partial charge in [0.25, 0.3) is 0 Å². The van der Waals surface area contributed by atoms with E-state index in [1.165, 1.54) is 0 Å². The third-order valence-corrected chi connectivity index (χ3v) is 2.87. The lowest BCUT2D eigenvalue weighted by Gasteiger charge is -2.18. The third kappa shape index (κ3) is 1.94. The van der Waals surface area contributed by atoms with E-state index in [-0.39, 0.29) is 11.9 Å². The van der Waals surface area contributed by atoms with Gasteiger partial charge in [-0.05, 0) is 6.92 Å². The van der Waals surface area contributed by atoms with Crippen LogP contribution in [0.25, 0.3) is 0 Å². The Morgan fingerprint density at radius 1 is 1.62 bits per heavy atom. The van der Waals surface area contributed by atoms with Crippen molar-refractivity contribution in [3.63, 3.8) is 0 Å². The van der Waals surface area contributed by atoms with E-state index in [1.54, 1.807) is 30.5 Å². The van der Waals surface area contributed by atoms with Gasteiger partial charge < -0.3 is 20.3 Å². The fraction of sp³-hybridized carbons (Fsp3) is 0.600. The Hall–Kier alpha value is -1.40. The molecule has 0 aliphatic carbocycles. The fourth-order valence-electron chi connectivity index (χ4n) is 2.00. The van der Waals surface area contributed by atoms with Gasteiger partial charge in [0, 0.05) is 25.5 Å². The number of likely N-dealkylation sites (tertiary alicyclic amines) is 1. The van der Waals surface area contributed by atoms with Gasteiger partial charge in [-0.1, -0.05) is 0 Å². The SMILES string of the molecule is C[C@H](N)C(=O)N1C[C@@H](O)[C@@H](n2ccnc2)C1. The van der Waals surface area contributed by atoms with Crippen molar-refractivity contribution < 1.29 is 9.90 Å². The molecule has 16 heavy (non-hydrogen) atoms. The monoisotopic (exact) mass is 224 g/mol. The maximum atomic E-state index is 11.7. The van der Waals surface area contributed by atoms with E-state index in [1.807, 2.05) is 4.57 Å². The summed E-state index contributed by atoms with van der Waals surface area (Å²) in [4.78, 5) is 17.2. The number of hydrogen-bond acceptors (Lipinski definition) is 4. The highest BCUT2D eigenvalue weighted by Crippen LogP contribution is 2.22. The first-order valence-electron chi connectivity index (χ1n) is 5.29. The Morgan fingerprint density at radius 2 is 2.38 bits per heavy atom. The summed E-state index contributed by atoms with van der Waals surface area (Å²) in [6.45, 7) is 2.47. The average Bonchev–Trinajstić information content (AvgIpc) is 2.84. The van der Waals surface area contributed by atoms with Crippen molar-refractivity contribution in [1.29, 1.82) is 0 Å². The molecule has 1 aliphatic rings. The highest BCUT2D eigenvalue weighted by Gasteiger charge is 2.35. The van der Waals surface area contributed by atoms with Crippen LogP contribution in [0.3, 0.4) is 0 Å². The number of hydrogen-bond donors (Lipinski definition) is 2. The van der Waals surface area contributed by atoms with Gasteiger partial charge in [-0.3, -0.25) is 4.79 Å². The quantitative estimate of drug-likeness (QED) is 0.673. The summed E-state index contributed by atoms with van der Waals surface area (Å²) in [6.07, 6.45) is 4.53. The topological polar surface area (TPSA) is 84.4 Å². The molecule has 2 rings (SSSR count). The number of aliphatic hydroxyl groups is 1. The van der Waals surface area contributed by atoms with Crippen LogP contribution in [0.15, 0.2) is 18.7 Å². The van der Waals surface area contributed by atoms with Gasteiger partial charge in [-0.25, -0.2) is 4.98 Å². The first kappa shape index (κ1) is 11.1. The van der Waals surface area contributed by atoms with Crippen LogP contribution in [0.2, 0.25) is 0 Å². The maximum absolute atomic E-state index is 11.7. The number of rotatable bonds is 2. The lowest BCUT2D eigenvalue weighted by atomic mass is 10.2. The molecule has 1 amide bonds. The van der Waals surface area contributed by atoms with Gasteiger partial charge >= 0.3 is 0 Å². The molecular weight excluding hydrogens is 208 g/mol. The zero-order chi connectivity index (χ0) is 11.7. The molecule has 6 heteroatoms. The molecule has 0 saturated carbocycles. The van der Waals surface area contributed by atoms with E-state index in [0.717, 1.165) is 0 Å². The number of nitrogens with two attached hydrogens (primary N) is 1. The van der Waals surface area contributed by atoms with Crippen molar-refractivity contribution in [2.24, 2.45) is 5.73 Å². The van der Waals surface area contributed by atoms with Gasteiger partial charge in [-0.2, -0.15) is 0 Å². The molecule has 0 unspecified atom stereocenters. The predicted molar refractivity (Wildman–Crippen MR) is 57.5 cm³/mol. The van der Waals surface area contributed by atoms with E-state index in [4.69, 9.17) is 5.73 Å². The molecule has 1 aliphatic heterocycles. The second kappa shape index (κ2) is 4.23. The van der Waals surface area contributed by atoms with Crippen molar-refractivity contribution in [3.8, 4) is 0 Å². The molecule has 1 aromatic rings. The zero-order valence-corrected chi connectivity index (χ0v) is 9.15. The largest absolute Gasteiger partial charge is 0.389 e. The molecule has 1 saturated heterocycles. The minimum Gasteiger partial charge on any atom is -0.389 e. The average molecular weight is 224 g/mol. The summed E-state index contributed by atoms with van der Waals surface area (Å²) >= 11 is 0. The second-order valence-corrected chi connectivity index (χ2v) is 4.18. The van der Waals surface area contributed by atoms with Crippen LogP contribution < -0.4 is 5.73 Å². The van der Waals surface area contributed by atoms with E-state index in [2.05, 4.69) is 4.98 Å². The van der Waals surface area contributed by atoms with Gasteiger partial charge in [-0.15, -0.1) is 0 Å². The van der Waals surface area contributed by atoms with Crippen LogP contribution in [0, 0.1) is 0 Å². The lowest BCUT2D eigenvalue weighted by molar-refractivity contribution is -0.131. The number of aromatic nitrogens is 2. The Bertz CT molecular complexity index is 363. The minimum absolute atomic E-state index is 0.120. The number of amides is 1. The van der Waals surface area contributed by atoms with Crippen molar-refractivity contribution in [3.05, 3.63) is 18.7 Å². The molecule has 1 aromatic heterocycles. The molecule has 6 nitrogen and oxygen atoms in total. The summed E-state index contributed by atoms with van der Waals surface area (Å²) in [5.41, 5.74) is 5.53. The molecule has 1 fully saturated rings. The minimum atomic E-state index is -0.558. The molecule has 88 valence electrons. The Labute approximate surface area is 93.7 Å². The number of β-amino-alcohol motifs (C(OH)–C–C–N with tert-alkyl or cyclic N) is 1. The number of imidazole rings is 1. The first-order chi connectivity index (χ1) is 7.59. The number of aliphatic hydroxyl groups excluding tert-OH is 1. The molecular formula is C10H16N4O2. The second-order valence-electron chi connectivity index (χ2n) is 4.18. The Kier molecular flexibility index (Phi) is 2.93. The Morgan fingerprint density at radius 3 is 2.94 bits per heavy atom.